The maximum Gasteiger partial charge on any atom is 0.270 e. The van der Waals surface area contributed by atoms with Crippen LogP contribution in [0.25, 0.3) is 11.3 Å². The van der Waals surface area contributed by atoms with Gasteiger partial charge in [0.15, 0.2) is 0 Å². The number of H-pyrrole nitrogens is 1. The minimum Gasteiger partial charge on any atom is -0.290 e. The van der Waals surface area contributed by atoms with Gasteiger partial charge in [-0.2, -0.15) is 10.4 Å². The average Bonchev–Trinajstić information content (AvgIpc) is 2.65. The second-order valence-corrected chi connectivity index (χ2v) is 6.00. The van der Waals surface area contributed by atoms with Crippen LogP contribution in [0.3, 0.4) is 0 Å². The standard InChI is InChI=1S/C18H11Cl2N5O/c19-13-6-7-15(20)12(8-13)10-22-25-18-23-16(11-4-2-1-3-5-11)14(9-21)17(26)24-18/h1-8,10H,(H2,23,24,25,26). The van der Waals surface area contributed by atoms with Crippen LogP contribution in [0, 0.1) is 11.3 Å². The zero-order chi connectivity index (χ0) is 18.5. The Morgan fingerprint density at radius 2 is 1.96 bits per heavy atom. The predicted octanol–water partition coefficient (Wildman–Crippen LogP) is 4.06. The normalized spacial score (nSPS) is 10.7. The van der Waals surface area contributed by atoms with Crippen LogP contribution >= 0.6 is 23.2 Å². The van der Waals surface area contributed by atoms with Crippen LogP contribution in [0.15, 0.2) is 58.4 Å². The van der Waals surface area contributed by atoms with Gasteiger partial charge in [-0.15, -0.1) is 0 Å². The van der Waals surface area contributed by atoms with Crippen LogP contribution in [0.2, 0.25) is 10.0 Å². The van der Waals surface area contributed by atoms with Crippen molar-refractivity contribution in [3.63, 3.8) is 0 Å². The molecule has 0 unspecified atom stereocenters. The van der Waals surface area contributed by atoms with Gasteiger partial charge in [-0.25, -0.2) is 10.4 Å². The number of nitriles is 1. The number of rotatable bonds is 4. The molecule has 0 aliphatic carbocycles. The molecule has 0 spiro atoms. The van der Waals surface area contributed by atoms with Gasteiger partial charge in [0, 0.05) is 21.2 Å². The lowest BCUT2D eigenvalue weighted by Crippen LogP contribution is -2.16. The van der Waals surface area contributed by atoms with Crippen LogP contribution in [0.1, 0.15) is 11.1 Å². The highest BCUT2D eigenvalue weighted by Gasteiger charge is 2.12. The van der Waals surface area contributed by atoms with E-state index < -0.39 is 5.56 Å². The first kappa shape index (κ1) is 17.7. The summed E-state index contributed by atoms with van der Waals surface area (Å²) in [5.74, 6) is 0.0993. The van der Waals surface area contributed by atoms with Gasteiger partial charge in [0.25, 0.3) is 5.56 Å². The molecule has 0 saturated heterocycles. The van der Waals surface area contributed by atoms with E-state index in [2.05, 4.69) is 20.5 Å². The molecule has 0 bridgehead atoms. The third kappa shape index (κ3) is 3.91. The molecule has 8 heteroatoms. The van der Waals surface area contributed by atoms with Gasteiger partial charge < -0.3 is 0 Å². The van der Waals surface area contributed by atoms with Crippen molar-refractivity contribution < 1.29 is 0 Å². The van der Waals surface area contributed by atoms with Crippen LogP contribution in [-0.4, -0.2) is 16.2 Å². The third-order valence-corrected chi connectivity index (χ3v) is 3.99. The van der Waals surface area contributed by atoms with Gasteiger partial charge in [-0.05, 0) is 18.2 Å². The summed E-state index contributed by atoms with van der Waals surface area (Å²) in [4.78, 5) is 18.9. The van der Waals surface area contributed by atoms with Crippen molar-refractivity contribution in [1.29, 1.82) is 5.26 Å². The fourth-order valence-electron chi connectivity index (χ4n) is 2.21. The molecule has 3 rings (SSSR count). The first-order valence-corrected chi connectivity index (χ1v) is 8.18. The summed E-state index contributed by atoms with van der Waals surface area (Å²) in [6, 6.07) is 15.8. The smallest absolute Gasteiger partial charge is 0.270 e. The highest BCUT2D eigenvalue weighted by Crippen LogP contribution is 2.20. The summed E-state index contributed by atoms with van der Waals surface area (Å²) in [6.07, 6.45) is 1.45. The van der Waals surface area contributed by atoms with Crippen molar-refractivity contribution in [2.45, 2.75) is 0 Å². The van der Waals surface area contributed by atoms with Crippen LogP contribution in [0.4, 0.5) is 5.95 Å². The summed E-state index contributed by atoms with van der Waals surface area (Å²) in [6.45, 7) is 0. The number of aromatic nitrogens is 2. The van der Waals surface area contributed by atoms with E-state index >= 15 is 0 Å². The van der Waals surface area contributed by atoms with Gasteiger partial charge >= 0.3 is 0 Å². The Morgan fingerprint density at radius 3 is 2.69 bits per heavy atom. The predicted molar refractivity (Wildman–Crippen MR) is 103 cm³/mol. The Bertz CT molecular complexity index is 1070. The summed E-state index contributed by atoms with van der Waals surface area (Å²) in [5, 5.41) is 14.3. The Kier molecular flexibility index (Phi) is 5.32. The third-order valence-electron chi connectivity index (χ3n) is 3.41. The van der Waals surface area contributed by atoms with E-state index in [9.17, 15) is 10.1 Å². The largest absolute Gasteiger partial charge is 0.290 e. The Balaban J connectivity index is 1.93. The summed E-state index contributed by atoms with van der Waals surface area (Å²) < 4.78 is 0. The fourth-order valence-corrected chi connectivity index (χ4v) is 2.56. The van der Waals surface area contributed by atoms with E-state index in [1.54, 1.807) is 42.5 Å². The second-order valence-electron chi connectivity index (χ2n) is 5.15. The number of halogens is 2. The first-order chi connectivity index (χ1) is 12.6. The van der Waals surface area contributed by atoms with Crippen LogP contribution in [0.5, 0.6) is 0 Å². The molecule has 0 amide bonds. The number of nitrogens with zero attached hydrogens (tertiary/aromatic N) is 3. The molecule has 128 valence electrons. The molecule has 0 saturated carbocycles. The number of hydrogen-bond donors (Lipinski definition) is 2. The molecule has 0 radical (unpaired) electrons. The zero-order valence-corrected chi connectivity index (χ0v) is 14.7. The van der Waals surface area contributed by atoms with Gasteiger partial charge in [0.05, 0.1) is 11.9 Å². The zero-order valence-electron chi connectivity index (χ0n) is 13.2. The average molecular weight is 384 g/mol. The minimum absolute atomic E-state index is 0.0661. The Hall–Kier alpha value is -3.14. The molecule has 2 N–H and O–H groups in total. The molecular formula is C18H11Cl2N5O. The van der Waals surface area contributed by atoms with E-state index in [0.717, 1.165) is 0 Å². The van der Waals surface area contributed by atoms with Crippen molar-refractivity contribution in [1.82, 2.24) is 9.97 Å². The number of anilines is 1. The number of aromatic amines is 1. The number of nitrogens with one attached hydrogen (secondary N) is 2. The molecule has 2 aromatic carbocycles. The Morgan fingerprint density at radius 1 is 1.19 bits per heavy atom. The second kappa shape index (κ2) is 7.83. The maximum absolute atomic E-state index is 12.1. The molecule has 3 aromatic rings. The lowest BCUT2D eigenvalue weighted by Gasteiger charge is -2.06. The highest BCUT2D eigenvalue weighted by molar-refractivity contribution is 6.35. The summed E-state index contributed by atoms with van der Waals surface area (Å²) in [5.41, 5.74) is 3.54. The van der Waals surface area contributed by atoms with Crippen molar-refractivity contribution in [2.24, 2.45) is 5.10 Å². The van der Waals surface area contributed by atoms with Crippen molar-refractivity contribution >= 4 is 35.4 Å². The Labute approximate surface area is 158 Å². The minimum atomic E-state index is -0.556. The molecule has 0 aliphatic heterocycles. The molecule has 0 fully saturated rings. The van der Waals surface area contributed by atoms with E-state index in [1.807, 2.05) is 12.1 Å². The van der Waals surface area contributed by atoms with E-state index in [0.29, 0.717) is 21.2 Å². The topological polar surface area (TPSA) is 93.9 Å². The summed E-state index contributed by atoms with van der Waals surface area (Å²) >= 11 is 12.0. The highest BCUT2D eigenvalue weighted by atomic mass is 35.5. The molecule has 0 atom stereocenters. The van der Waals surface area contributed by atoms with Gasteiger partial charge in [0.2, 0.25) is 5.95 Å². The van der Waals surface area contributed by atoms with Crippen molar-refractivity contribution in [3.05, 3.63) is 80.1 Å². The SMILES string of the molecule is N#Cc1c(-c2ccccc2)nc(NN=Cc2cc(Cl)ccc2Cl)[nH]c1=O. The van der Waals surface area contributed by atoms with E-state index in [1.165, 1.54) is 6.21 Å². The lowest BCUT2D eigenvalue weighted by atomic mass is 10.1. The molecule has 6 nitrogen and oxygen atoms in total. The number of hydrazone groups is 1. The fraction of sp³-hybridized carbons (Fsp3) is 0. The lowest BCUT2D eigenvalue weighted by molar-refractivity contribution is 1.08. The molecule has 1 heterocycles. The molecule has 0 aliphatic rings. The monoisotopic (exact) mass is 383 g/mol. The van der Waals surface area contributed by atoms with Gasteiger partial charge in [0.1, 0.15) is 11.6 Å². The first-order valence-electron chi connectivity index (χ1n) is 7.42. The van der Waals surface area contributed by atoms with Crippen molar-refractivity contribution in [3.8, 4) is 17.3 Å². The van der Waals surface area contributed by atoms with E-state index in [4.69, 9.17) is 23.2 Å². The molecular weight excluding hydrogens is 373 g/mol. The summed E-state index contributed by atoms with van der Waals surface area (Å²) in [7, 11) is 0. The van der Waals surface area contributed by atoms with Gasteiger partial charge in [-0.1, -0.05) is 53.5 Å². The van der Waals surface area contributed by atoms with Crippen LogP contribution < -0.4 is 11.0 Å². The van der Waals surface area contributed by atoms with Gasteiger partial charge in [-0.3, -0.25) is 9.78 Å². The molecule has 1 aromatic heterocycles. The maximum atomic E-state index is 12.1. The number of hydrogen-bond acceptors (Lipinski definition) is 5. The quantitative estimate of drug-likeness (QED) is 0.524. The molecule has 26 heavy (non-hydrogen) atoms. The number of benzene rings is 2. The van der Waals surface area contributed by atoms with Crippen LogP contribution in [-0.2, 0) is 0 Å². The van der Waals surface area contributed by atoms with Crippen molar-refractivity contribution in [2.75, 3.05) is 5.43 Å². The van der Waals surface area contributed by atoms with E-state index in [-0.39, 0.29) is 17.2 Å².